The van der Waals surface area contributed by atoms with Gasteiger partial charge in [-0.05, 0) is 56.6 Å². The van der Waals surface area contributed by atoms with Crippen molar-refractivity contribution >= 4 is 17.6 Å². The summed E-state index contributed by atoms with van der Waals surface area (Å²) in [7, 11) is 0. The summed E-state index contributed by atoms with van der Waals surface area (Å²) in [6.07, 6.45) is 9.42. The second kappa shape index (κ2) is 10.3. The third-order valence-corrected chi connectivity index (χ3v) is 7.03. The van der Waals surface area contributed by atoms with E-state index in [1.807, 2.05) is 30.3 Å². The molecule has 0 aromatic heterocycles. The third kappa shape index (κ3) is 5.75. The largest absolute Gasteiger partial charge is 0.353 e. The molecule has 4 rings (SSSR count). The Bertz CT molecular complexity index is 696. The Balaban J connectivity index is 1.20. The number of hydrogen-bond acceptors (Lipinski definition) is 3. The summed E-state index contributed by atoms with van der Waals surface area (Å²) in [4.78, 5) is 29.8. The highest BCUT2D eigenvalue weighted by Crippen LogP contribution is 2.26. The molecular weight excluding hydrogens is 376 g/mol. The van der Waals surface area contributed by atoms with E-state index in [0.717, 1.165) is 50.4 Å². The van der Waals surface area contributed by atoms with Gasteiger partial charge in [-0.1, -0.05) is 31.0 Å². The second-order valence-corrected chi connectivity index (χ2v) is 9.32. The lowest BCUT2D eigenvalue weighted by Crippen LogP contribution is -2.51. The molecule has 1 aromatic rings. The van der Waals surface area contributed by atoms with Crippen LogP contribution in [0.25, 0.3) is 0 Å². The fraction of sp³-hybridized carbons (Fsp3) is 0.667. The highest BCUT2D eigenvalue weighted by atomic mass is 16.2. The topological polar surface area (TPSA) is 64.7 Å². The van der Waals surface area contributed by atoms with E-state index >= 15 is 0 Å². The number of nitrogens with one attached hydrogen (secondary N) is 2. The molecule has 2 heterocycles. The average Bonchev–Trinajstić information content (AvgIpc) is 3.29. The molecule has 1 atom stereocenters. The molecule has 0 bridgehead atoms. The number of urea groups is 1. The molecule has 0 spiro atoms. The summed E-state index contributed by atoms with van der Waals surface area (Å²) in [6, 6.07) is 9.67. The van der Waals surface area contributed by atoms with Crippen LogP contribution in [0.15, 0.2) is 30.3 Å². The van der Waals surface area contributed by atoms with Crippen molar-refractivity contribution in [1.82, 2.24) is 15.1 Å². The van der Waals surface area contributed by atoms with Crippen molar-refractivity contribution in [2.24, 2.45) is 11.8 Å². The summed E-state index contributed by atoms with van der Waals surface area (Å²) in [5.74, 6) is 0.921. The van der Waals surface area contributed by atoms with Gasteiger partial charge in [-0.25, -0.2) is 4.79 Å². The molecule has 3 amide bonds. The quantitative estimate of drug-likeness (QED) is 0.775. The minimum Gasteiger partial charge on any atom is -0.353 e. The van der Waals surface area contributed by atoms with Gasteiger partial charge < -0.3 is 20.4 Å². The maximum absolute atomic E-state index is 12.9. The molecule has 1 unspecified atom stereocenters. The Hall–Kier alpha value is -2.08. The summed E-state index contributed by atoms with van der Waals surface area (Å²) in [6.45, 7) is 4.65. The zero-order valence-electron chi connectivity index (χ0n) is 18.0. The van der Waals surface area contributed by atoms with Gasteiger partial charge in [0.25, 0.3) is 0 Å². The van der Waals surface area contributed by atoms with Crippen LogP contribution in [0.2, 0.25) is 0 Å². The average molecular weight is 413 g/mol. The molecule has 1 aliphatic carbocycles. The normalized spacial score (nSPS) is 24.0. The van der Waals surface area contributed by atoms with E-state index in [0.29, 0.717) is 13.1 Å². The van der Waals surface area contributed by atoms with Crippen LogP contribution in [-0.4, -0.2) is 60.5 Å². The summed E-state index contributed by atoms with van der Waals surface area (Å²) in [5, 5.41) is 6.22. The van der Waals surface area contributed by atoms with E-state index in [1.54, 1.807) is 4.90 Å². The lowest BCUT2D eigenvalue weighted by Gasteiger charge is -2.36. The van der Waals surface area contributed by atoms with Crippen molar-refractivity contribution in [3.8, 4) is 0 Å². The van der Waals surface area contributed by atoms with Gasteiger partial charge in [0.15, 0.2) is 0 Å². The van der Waals surface area contributed by atoms with Gasteiger partial charge in [0.1, 0.15) is 0 Å². The molecule has 1 aromatic carbocycles. The summed E-state index contributed by atoms with van der Waals surface area (Å²) >= 11 is 0. The van der Waals surface area contributed by atoms with Crippen LogP contribution < -0.4 is 10.6 Å². The molecule has 1 saturated carbocycles. The maximum Gasteiger partial charge on any atom is 0.321 e. The monoisotopic (exact) mass is 412 g/mol. The lowest BCUT2D eigenvalue weighted by molar-refractivity contribution is -0.127. The number of hydrogen-bond donors (Lipinski definition) is 2. The van der Waals surface area contributed by atoms with E-state index in [2.05, 4.69) is 15.5 Å². The Labute approximate surface area is 180 Å². The molecule has 30 heavy (non-hydrogen) atoms. The number of benzene rings is 1. The predicted molar refractivity (Wildman–Crippen MR) is 119 cm³/mol. The lowest BCUT2D eigenvalue weighted by atomic mass is 9.95. The van der Waals surface area contributed by atoms with Crippen LogP contribution in [-0.2, 0) is 4.79 Å². The first-order chi connectivity index (χ1) is 14.7. The first-order valence-electron chi connectivity index (χ1n) is 11.8. The Morgan fingerprint density at radius 2 is 1.63 bits per heavy atom. The highest BCUT2D eigenvalue weighted by Gasteiger charge is 2.31. The number of amides is 3. The van der Waals surface area contributed by atoms with Gasteiger partial charge in [0.2, 0.25) is 5.91 Å². The van der Waals surface area contributed by atoms with E-state index in [1.165, 1.54) is 32.2 Å². The van der Waals surface area contributed by atoms with Gasteiger partial charge in [-0.3, -0.25) is 4.79 Å². The van der Waals surface area contributed by atoms with Crippen molar-refractivity contribution in [1.29, 1.82) is 0 Å². The first-order valence-corrected chi connectivity index (χ1v) is 11.8. The van der Waals surface area contributed by atoms with E-state index in [-0.39, 0.29) is 23.9 Å². The number of para-hydroxylation sites is 1. The maximum atomic E-state index is 12.9. The molecule has 3 aliphatic rings. The second-order valence-electron chi connectivity index (χ2n) is 9.32. The SMILES string of the molecule is O=C(NC1CCN(CC2CCCC2)CC1)C1CCCN(C(=O)Nc2ccccc2)C1. The minimum absolute atomic E-state index is 0.100. The molecular formula is C24H36N4O2. The number of rotatable bonds is 5. The smallest absolute Gasteiger partial charge is 0.321 e. The Kier molecular flexibility index (Phi) is 7.26. The van der Waals surface area contributed by atoms with E-state index < -0.39 is 0 Å². The number of nitrogens with zero attached hydrogens (tertiary/aromatic N) is 2. The standard InChI is InChI=1S/C24H36N4O2/c29-23(25-22-12-15-27(16-13-22)17-19-7-4-5-8-19)20-9-6-14-28(18-20)24(30)26-21-10-2-1-3-11-21/h1-3,10-11,19-20,22H,4-9,12-18H2,(H,25,29)(H,26,30). The fourth-order valence-electron chi connectivity index (χ4n) is 5.24. The molecule has 3 fully saturated rings. The van der Waals surface area contributed by atoms with Gasteiger partial charge in [0.05, 0.1) is 5.92 Å². The van der Waals surface area contributed by atoms with E-state index in [4.69, 9.17) is 0 Å². The van der Waals surface area contributed by atoms with Crippen LogP contribution in [0.3, 0.4) is 0 Å². The van der Waals surface area contributed by atoms with Gasteiger partial charge in [-0.15, -0.1) is 0 Å². The number of carbonyl (C=O) groups is 2. The molecule has 6 nitrogen and oxygen atoms in total. The van der Waals surface area contributed by atoms with Crippen LogP contribution in [0, 0.1) is 11.8 Å². The van der Waals surface area contributed by atoms with Crippen LogP contribution >= 0.6 is 0 Å². The number of carbonyl (C=O) groups excluding carboxylic acids is 2. The molecule has 2 N–H and O–H groups in total. The first kappa shape index (κ1) is 21.2. The van der Waals surface area contributed by atoms with Gasteiger partial charge in [-0.2, -0.15) is 0 Å². The predicted octanol–water partition coefficient (Wildman–Crippen LogP) is 3.70. The van der Waals surface area contributed by atoms with Crippen LogP contribution in [0.1, 0.15) is 51.4 Å². The number of anilines is 1. The third-order valence-electron chi connectivity index (χ3n) is 7.03. The van der Waals surface area contributed by atoms with Crippen molar-refractivity contribution < 1.29 is 9.59 Å². The van der Waals surface area contributed by atoms with Gasteiger partial charge >= 0.3 is 6.03 Å². The highest BCUT2D eigenvalue weighted by molar-refractivity contribution is 5.90. The zero-order valence-corrected chi connectivity index (χ0v) is 18.0. The van der Waals surface area contributed by atoms with Crippen molar-refractivity contribution in [3.05, 3.63) is 30.3 Å². The van der Waals surface area contributed by atoms with Crippen LogP contribution in [0.4, 0.5) is 10.5 Å². The number of likely N-dealkylation sites (tertiary alicyclic amines) is 2. The fourth-order valence-corrected chi connectivity index (χ4v) is 5.24. The number of piperidine rings is 2. The summed E-state index contributed by atoms with van der Waals surface area (Å²) in [5.41, 5.74) is 0.790. The molecule has 2 aliphatic heterocycles. The zero-order chi connectivity index (χ0) is 20.8. The molecule has 0 radical (unpaired) electrons. The van der Waals surface area contributed by atoms with Gasteiger partial charge in [0, 0.05) is 44.5 Å². The van der Waals surface area contributed by atoms with Crippen LogP contribution in [0.5, 0.6) is 0 Å². The Morgan fingerprint density at radius 3 is 2.37 bits per heavy atom. The van der Waals surface area contributed by atoms with Crippen molar-refractivity contribution in [3.63, 3.8) is 0 Å². The Morgan fingerprint density at radius 1 is 0.900 bits per heavy atom. The summed E-state index contributed by atoms with van der Waals surface area (Å²) < 4.78 is 0. The minimum atomic E-state index is -0.112. The van der Waals surface area contributed by atoms with E-state index in [9.17, 15) is 9.59 Å². The molecule has 164 valence electrons. The van der Waals surface area contributed by atoms with Crippen molar-refractivity contribution in [2.75, 3.05) is 38.0 Å². The van der Waals surface area contributed by atoms with Crippen molar-refractivity contribution in [2.45, 2.75) is 57.4 Å². The molecule has 6 heteroatoms. The molecule has 2 saturated heterocycles.